The average molecular weight is 316 g/mol. The van der Waals surface area contributed by atoms with Crippen LogP contribution in [0, 0.1) is 0 Å². The first-order valence-corrected chi connectivity index (χ1v) is 7.80. The van der Waals surface area contributed by atoms with Crippen LogP contribution in [0.3, 0.4) is 0 Å². The van der Waals surface area contributed by atoms with Gasteiger partial charge in [0.2, 0.25) is 0 Å². The van der Waals surface area contributed by atoms with Crippen LogP contribution in [0.15, 0.2) is 41.5 Å². The summed E-state index contributed by atoms with van der Waals surface area (Å²) in [6, 6.07) is 10.5. The van der Waals surface area contributed by atoms with Crippen LogP contribution in [0.4, 0.5) is 0 Å². The number of methoxy groups -OCH3 is 1. The van der Waals surface area contributed by atoms with Crippen LogP contribution in [0.5, 0.6) is 0 Å². The fourth-order valence-corrected chi connectivity index (χ4v) is 2.40. The van der Waals surface area contributed by atoms with E-state index in [4.69, 9.17) is 0 Å². The molecule has 0 aliphatic rings. The van der Waals surface area contributed by atoms with Gasteiger partial charge in [0.1, 0.15) is 0 Å². The Kier molecular flexibility index (Phi) is 6.47. The smallest absolute Gasteiger partial charge is 0.307 e. The van der Waals surface area contributed by atoms with Crippen LogP contribution in [-0.4, -0.2) is 43.7 Å². The lowest BCUT2D eigenvalue weighted by Crippen LogP contribution is -2.39. The molecule has 0 bridgehead atoms. The lowest BCUT2D eigenvalue weighted by atomic mass is 10.2. The number of ether oxygens (including phenoxy) is 1. The number of carbonyl (C=O) groups is 1. The van der Waals surface area contributed by atoms with Crippen LogP contribution in [0.25, 0.3) is 10.9 Å². The van der Waals surface area contributed by atoms with Gasteiger partial charge in [0, 0.05) is 38.4 Å². The summed E-state index contributed by atoms with van der Waals surface area (Å²) >= 11 is 0. The highest BCUT2D eigenvalue weighted by molar-refractivity contribution is 5.80. The molecule has 6 nitrogen and oxygen atoms in total. The number of hydrogen-bond donors (Lipinski definition) is 2. The number of hydrogen-bond acceptors (Lipinski definition) is 3. The average Bonchev–Trinajstić information content (AvgIpc) is 3.00. The summed E-state index contributed by atoms with van der Waals surface area (Å²) in [5, 5.41) is 7.60. The van der Waals surface area contributed by atoms with Crippen LogP contribution in [0.2, 0.25) is 0 Å². The molecule has 23 heavy (non-hydrogen) atoms. The SMILES string of the molecule is CN=C(NCCCn1ccc2ccccc21)NCCC(=O)OC. The van der Waals surface area contributed by atoms with Crippen molar-refractivity contribution in [2.45, 2.75) is 19.4 Å². The monoisotopic (exact) mass is 316 g/mol. The largest absolute Gasteiger partial charge is 0.469 e. The maximum absolute atomic E-state index is 11.1. The van der Waals surface area contributed by atoms with Gasteiger partial charge in [-0.05, 0) is 23.9 Å². The van der Waals surface area contributed by atoms with E-state index in [2.05, 4.69) is 61.5 Å². The molecule has 2 N–H and O–H groups in total. The summed E-state index contributed by atoms with van der Waals surface area (Å²) in [5.74, 6) is 0.471. The van der Waals surface area contributed by atoms with E-state index in [9.17, 15) is 4.79 Å². The molecule has 0 saturated carbocycles. The Morgan fingerprint density at radius 3 is 2.78 bits per heavy atom. The first kappa shape index (κ1) is 16.9. The van der Waals surface area contributed by atoms with Crippen molar-refractivity contribution in [3.05, 3.63) is 36.5 Å². The van der Waals surface area contributed by atoms with E-state index in [0.717, 1.165) is 19.5 Å². The highest BCUT2D eigenvalue weighted by atomic mass is 16.5. The van der Waals surface area contributed by atoms with Crippen molar-refractivity contribution in [3.63, 3.8) is 0 Å². The normalized spacial score (nSPS) is 11.5. The van der Waals surface area contributed by atoms with Crippen LogP contribution < -0.4 is 10.6 Å². The van der Waals surface area contributed by atoms with E-state index in [-0.39, 0.29) is 5.97 Å². The van der Waals surface area contributed by atoms with Gasteiger partial charge in [-0.1, -0.05) is 18.2 Å². The highest BCUT2D eigenvalue weighted by Gasteiger charge is 2.02. The molecule has 0 saturated heterocycles. The predicted octanol–water partition coefficient (Wildman–Crippen LogP) is 1.76. The van der Waals surface area contributed by atoms with Gasteiger partial charge in [0.05, 0.1) is 13.5 Å². The molecule has 0 unspecified atom stereocenters. The molecule has 2 aromatic rings. The Morgan fingerprint density at radius 1 is 1.22 bits per heavy atom. The fourth-order valence-electron chi connectivity index (χ4n) is 2.40. The zero-order valence-corrected chi connectivity index (χ0v) is 13.7. The third-order valence-corrected chi connectivity index (χ3v) is 3.62. The van der Waals surface area contributed by atoms with Gasteiger partial charge >= 0.3 is 5.97 Å². The van der Waals surface area contributed by atoms with Crippen molar-refractivity contribution >= 4 is 22.8 Å². The molecule has 1 aromatic heterocycles. The molecule has 124 valence electrons. The zero-order chi connectivity index (χ0) is 16.5. The second-order valence-corrected chi connectivity index (χ2v) is 5.17. The molecule has 0 aliphatic heterocycles. The molecule has 0 radical (unpaired) electrons. The van der Waals surface area contributed by atoms with Crippen molar-refractivity contribution in [2.75, 3.05) is 27.2 Å². The molecule has 1 heterocycles. The molecule has 0 spiro atoms. The second-order valence-electron chi connectivity index (χ2n) is 5.17. The number of esters is 1. The molecular formula is C17H24N4O2. The minimum Gasteiger partial charge on any atom is -0.469 e. The lowest BCUT2D eigenvalue weighted by Gasteiger charge is -2.12. The Morgan fingerprint density at radius 2 is 2.00 bits per heavy atom. The van der Waals surface area contributed by atoms with E-state index < -0.39 is 0 Å². The Labute approximate surface area is 136 Å². The molecule has 2 rings (SSSR count). The standard InChI is InChI=1S/C17H24N4O2/c1-18-17(20-11-8-16(22)23-2)19-10-5-12-21-13-9-14-6-3-4-7-15(14)21/h3-4,6-7,9,13H,5,8,10-12H2,1-2H3,(H2,18,19,20). The number of aromatic nitrogens is 1. The number of nitrogens with one attached hydrogen (secondary N) is 2. The first-order chi connectivity index (χ1) is 11.2. The molecular weight excluding hydrogens is 292 g/mol. The molecule has 6 heteroatoms. The molecule has 0 amide bonds. The predicted molar refractivity (Wildman–Crippen MR) is 92.6 cm³/mol. The van der Waals surface area contributed by atoms with E-state index >= 15 is 0 Å². The van der Waals surface area contributed by atoms with E-state index in [1.807, 2.05) is 0 Å². The minimum atomic E-state index is -0.229. The van der Waals surface area contributed by atoms with Gasteiger partial charge < -0.3 is 19.9 Å². The fraction of sp³-hybridized carbons (Fsp3) is 0.412. The summed E-state index contributed by atoms with van der Waals surface area (Å²) in [6.07, 6.45) is 3.43. The first-order valence-electron chi connectivity index (χ1n) is 7.80. The van der Waals surface area contributed by atoms with Crippen LogP contribution >= 0.6 is 0 Å². The van der Waals surface area contributed by atoms with Crippen molar-refractivity contribution in [1.82, 2.24) is 15.2 Å². The van der Waals surface area contributed by atoms with Gasteiger partial charge in [-0.3, -0.25) is 9.79 Å². The van der Waals surface area contributed by atoms with Crippen LogP contribution in [-0.2, 0) is 16.1 Å². The minimum absolute atomic E-state index is 0.229. The van der Waals surface area contributed by atoms with Crippen molar-refractivity contribution in [2.24, 2.45) is 4.99 Å². The molecule has 0 fully saturated rings. The number of para-hydroxylation sites is 1. The van der Waals surface area contributed by atoms with Gasteiger partial charge in [0.15, 0.2) is 5.96 Å². The quantitative estimate of drug-likeness (QED) is 0.353. The van der Waals surface area contributed by atoms with Crippen molar-refractivity contribution in [3.8, 4) is 0 Å². The number of fused-ring (bicyclic) bond motifs is 1. The summed E-state index contributed by atoms with van der Waals surface area (Å²) in [6.45, 7) is 2.26. The summed E-state index contributed by atoms with van der Waals surface area (Å²) in [7, 11) is 3.10. The van der Waals surface area contributed by atoms with E-state index in [1.165, 1.54) is 18.0 Å². The second kappa shape index (κ2) is 8.82. The number of carbonyl (C=O) groups excluding carboxylic acids is 1. The van der Waals surface area contributed by atoms with Crippen LogP contribution in [0.1, 0.15) is 12.8 Å². The lowest BCUT2D eigenvalue weighted by molar-refractivity contribution is -0.140. The Bertz CT molecular complexity index is 663. The maximum atomic E-state index is 11.1. The van der Waals surface area contributed by atoms with E-state index in [1.54, 1.807) is 7.05 Å². The summed E-state index contributed by atoms with van der Waals surface area (Å²) < 4.78 is 6.85. The highest BCUT2D eigenvalue weighted by Crippen LogP contribution is 2.15. The Hall–Kier alpha value is -2.50. The zero-order valence-electron chi connectivity index (χ0n) is 13.7. The van der Waals surface area contributed by atoms with Gasteiger partial charge in [-0.2, -0.15) is 0 Å². The number of guanidine groups is 1. The van der Waals surface area contributed by atoms with Crippen molar-refractivity contribution < 1.29 is 9.53 Å². The summed E-state index contributed by atoms with van der Waals surface area (Å²) in [5.41, 5.74) is 1.26. The third kappa shape index (κ3) is 5.02. The van der Waals surface area contributed by atoms with Gasteiger partial charge in [-0.15, -0.1) is 0 Å². The Balaban J connectivity index is 1.70. The van der Waals surface area contributed by atoms with Gasteiger partial charge in [0.25, 0.3) is 0 Å². The number of aliphatic imine (C=N–C) groups is 1. The number of nitrogens with zero attached hydrogens (tertiary/aromatic N) is 2. The third-order valence-electron chi connectivity index (χ3n) is 3.62. The number of aryl methyl sites for hydroxylation is 1. The van der Waals surface area contributed by atoms with E-state index in [0.29, 0.717) is 18.9 Å². The molecule has 0 aliphatic carbocycles. The van der Waals surface area contributed by atoms with Crippen molar-refractivity contribution in [1.29, 1.82) is 0 Å². The number of rotatable bonds is 7. The number of benzene rings is 1. The maximum Gasteiger partial charge on any atom is 0.307 e. The van der Waals surface area contributed by atoms with Gasteiger partial charge in [-0.25, -0.2) is 0 Å². The molecule has 0 atom stereocenters. The topological polar surface area (TPSA) is 67.7 Å². The summed E-state index contributed by atoms with van der Waals surface area (Å²) in [4.78, 5) is 15.2. The molecule has 1 aromatic carbocycles.